The van der Waals surface area contributed by atoms with E-state index < -0.39 is 15.6 Å². The molecule has 0 N–H and O–H groups in total. The molecular weight excluding hydrogens is 352 g/mol. The second-order valence-electron chi connectivity index (χ2n) is 6.37. The van der Waals surface area contributed by atoms with Crippen molar-refractivity contribution >= 4 is 10.1 Å². The molecule has 0 saturated heterocycles. The van der Waals surface area contributed by atoms with Gasteiger partial charge in [-0.15, -0.1) is 0 Å². The third-order valence-corrected chi connectivity index (χ3v) is 5.52. The van der Waals surface area contributed by atoms with E-state index in [1.54, 1.807) is 12.1 Å². The summed E-state index contributed by atoms with van der Waals surface area (Å²) in [6, 6.07) is 7.27. The van der Waals surface area contributed by atoms with Gasteiger partial charge in [-0.05, 0) is 44.4 Å². The molecule has 0 aliphatic rings. The van der Waals surface area contributed by atoms with Crippen molar-refractivity contribution in [3.8, 4) is 5.75 Å². The van der Waals surface area contributed by atoms with Crippen LogP contribution in [-0.2, 0) is 26.0 Å². The van der Waals surface area contributed by atoms with Crippen molar-refractivity contribution in [2.45, 2.75) is 71.2 Å². The van der Waals surface area contributed by atoms with E-state index in [4.69, 9.17) is 13.7 Å². The maximum absolute atomic E-state index is 12.2. The third kappa shape index (κ3) is 9.55. The van der Waals surface area contributed by atoms with Gasteiger partial charge < -0.3 is 13.7 Å². The first kappa shape index (κ1) is 22.9. The van der Waals surface area contributed by atoms with Crippen LogP contribution in [0.3, 0.4) is 0 Å². The van der Waals surface area contributed by atoms with Crippen molar-refractivity contribution in [3.63, 3.8) is 0 Å². The molecule has 0 saturated carbocycles. The Morgan fingerprint density at radius 1 is 0.923 bits per heavy atom. The van der Waals surface area contributed by atoms with E-state index in [1.165, 1.54) is 44.6 Å². The van der Waals surface area contributed by atoms with Crippen LogP contribution in [-0.4, -0.2) is 33.7 Å². The lowest BCUT2D eigenvalue weighted by atomic mass is 10.1. The average molecular weight is 387 g/mol. The predicted octanol–water partition coefficient (Wildman–Crippen LogP) is 4.70. The molecule has 6 heteroatoms. The summed E-state index contributed by atoms with van der Waals surface area (Å²) in [7, 11) is -3.82. The minimum Gasteiger partial charge on any atom is -0.381 e. The van der Waals surface area contributed by atoms with E-state index in [9.17, 15) is 8.42 Å². The maximum atomic E-state index is 12.2. The van der Waals surface area contributed by atoms with Gasteiger partial charge in [0.1, 0.15) is 5.75 Å². The van der Waals surface area contributed by atoms with E-state index in [1.807, 2.05) is 19.1 Å². The summed E-state index contributed by atoms with van der Waals surface area (Å²) in [5.41, 5.74) is 0.164. The van der Waals surface area contributed by atoms with Crippen molar-refractivity contribution in [2.24, 2.45) is 0 Å². The van der Waals surface area contributed by atoms with Crippen LogP contribution >= 0.6 is 0 Å². The molecule has 1 aromatic rings. The number of benzene rings is 1. The van der Waals surface area contributed by atoms with Crippen LogP contribution in [0.5, 0.6) is 5.75 Å². The highest BCUT2D eigenvalue weighted by Crippen LogP contribution is 2.18. The Morgan fingerprint density at radius 3 is 2.23 bits per heavy atom. The highest BCUT2D eigenvalue weighted by molar-refractivity contribution is 7.87. The molecule has 0 aliphatic carbocycles. The van der Waals surface area contributed by atoms with Gasteiger partial charge >= 0.3 is 10.1 Å². The van der Waals surface area contributed by atoms with E-state index in [0.717, 1.165) is 12.8 Å². The smallest absolute Gasteiger partial charge is 0.336 e. The van der Waals surface area contributed by atoms with Gasteiger partial charge in [0, 0.05) is 6.61 Å². The van der Waals surface area contributed by atoms with Crippen LogP contribution < -0.4 is 4.18 Å². The van der Waals surface area contributed by atoms with E-state index in [2.05, 4.69) is 6.92 Å². The molecule has 0 amide bonds. The molecule has 26 heavy (non-hydrogen) atoms. The fourth-order valence-electron chi connectivity index (χ4n) is 2.52. The SMILES string of the molecule is CCCCCCCCc1ccc(OS(=O)(=O)C(C)OCCOCC)cc1. The Kier molecular flexibility index (Phi) is 11.6. The highest BCUT2D eigenvalue weighted by Gasteiger charge is 2.23. The average Bonchev–Trinajstić information content (AvgIpc) is 2.62. The highest BCUT2D eigenvalue weighted by atomic mass is 32.2. The molecule has 1 unspecified atom stereocenters. The molecule has 0 aliphatic heterocycles. The van der Waals surface area contributed by atoms with Gasteiger partial charge in [-0.1, -0.05) is 51.2 Å². The molecule has 0 bridgehead atoms. The van der Waals surface area contributed by atoms with Crippen LogP contribution in [0.25, 0.3) is 0 Å². The standard InChI is InChI=1S/C20H34O5S/c1-4-6-7-8-9-10-11-19-12-14-20(15-13-19)25-26(21,22)18(3)24-17-16-23-5-2/h12-15,18H,4-11,16-17H2,1-3H3. The number of rotatable bonds is 15. The number of hydrogen-bond acceptors (Lipinski definition) is 5. The van der Waals surface area contributed by atoms with Gasteiger partial charge in [0.2, 0.25) is 0 Å². The lowest BCUT2D eigenvalue weighted by Crippen LogP contribution is -2.27. The van der Waals surface area contributed by atoms with Crippen molar-refractivity contribution in [1.29, 1.82) is 0 Å². The van der Waals surface area contributed by atoms with E-state index in [-0.39, 0.29) is 6.61 Å². The Balaban J connectivity index is 2.38. The fourth-order valence-corrected chi connectivity index (χ4v) is 3.30. The second kappa shape index (κ2) is 13.1. The number of hydrogen-bond donors (Lipinski definition) is 0. The van der Waals surface area contributed by atoms with Crippen LogP contribution in [0.1, 0.15) is 64.9 Å². The minimum absolute atomic E-state index is 0.217. The molecule has 0 fully saturated rings. The van der Waals surface area contributed by atoms with Gasteiger partial charge in [0.25, 0.3) is 0 Å². The van der Waals surface area contributed by atoms with Gasteiger partial charge in [-0.25, -0.2) is 0 Å². The lowest BCUT2D eigenvalue weighted by Gasteiger charge is -2.14. The first-order chi connectivity index (χ1) is 12.5. The van der Waals surface area contributed by atoms with E-state index >= 15 is 0 Å². The van der Waals surface area contributed by atoms with Gasteiger partial charge in [-0.3, -0.25) is 0 Å². The third-order valence-electron chi connectivity index (χ3n) is 4.15. The summed E-state index contributed by atoms with van der Waals surface area (Å²) >= 11 is 0. The predicted molar refractivity (Wildman–Crippen MR) is 105 cm³/mol. The molecule has 0 spiro atoms. The van der Waals surface area contributed by atoms with Crippen molar-refractivity contribution in [2.75, 3.05) is 19.8 Å². The molecule has 1 atom stereocenters. The van der Waals surface area contributed by atoms with E-state index in [0.29, 0.717) is 19.0 Å². The van der Waals surface area contributed by atoms with Crippen LogP contribution in [0.2, 0.25) is 0 Å². The fraction of sp³-hybridized carbons (Fsp3) is 0.700. The summed E-state index contributed by atoms with van der Waals surface area (Å²) in [4.78, 5) is 0. The molecule has 0 aromatic heterocycles. The largest absolute Gasteiger partial charge is 0.381 e. The first-order valence-corrected chi connectivity index (χ1v) is 11.2. The quantitative estimate of drug-likeness (QED) is 0.323. The van der Waals surface area contributed by atoms with Crippen molar-refractivity contribution in [1.82, 2.24) is 0 Å². The summed E-state index contributed by atoms with van der Waals surface area (Å²) in [5.74, 6) is 0.317. The normalized spacial score (nSPS) is 12.9. The minimum atomic E-state index is -3.82. The van der Waals surface area contributed by atoms with Crippen LogP contribution in [0.4, 0.5) is 0 Å². The van der Waals surface area contributed by atoms with Gasteiger partial charge in [-0.2, -0.15) is 8.42 Å². The second-order valence-corrected chi connectivity index (χ2v) is 8.19. The molecule has 150 valence electrons. The number of unbranched alkanes of at least 4 members (excludes halogenated alkanes) is 5. The number of ether oxygens (including phenoxy) is 2. The zero-order valence-corrected chi connectivity index (χ0v) is 17.2. The van der Waals surface area contributed by atoms with Crippen molar-refractivity contribution < 1.29 is 22.1 Å². The number of aryl methyl sites for hydroxylation is 1. The van der Waals surface area contributed by atoms with Crippen LogP contribution in [0, 0.1) is 0 Å². The van der Waals surface area contributed by atoms with Gasteiger partial charge in [0.05, 0.1) is 13.2 Å². The molecular formula is C20H34O5S. The Bertz CT molecular complexity index is 568. The lowest BCUT2D eigenvalue weighted by molar-refractivity contribution is 0.0418. The van der Waals surface area contributed by atoms with Gasteiger partial charge in [0.15, 0.2) is 5.44 Å². The topological polar surface area (TPSA) is 61.8 Å². The Hall–Kier alpha value is -1.11. The molecule has 1 rings (SSSR count). The summed E-state index contributed by atoms with van der Waals surface area (Å²) in [5, 5.41) is 0. The first-order valence-electron chi connectivity index (χ1n) is 9.71. The summed E-state index contributed by atoms with van der Waals surface area (Å²) < 4.78 is 39.9. The Morgan fingerprint density at radius 2 is 1.58 bits per heavy atom. The van der Waals surface area contributed by atoms with Crippen molar-refractivity contribution in [3.05, 3.63) is 29.8 Å². The monoisotopic (exact) mass is 386 g/mol. The maximum Gasteiger partial charge on any atom is 0.336 e. The zero-order chi connectivity index (χ0) is 19.3. The molecule has 0 radical (unpaired) electrons. The summed E-state index contributed by atoms with van der Waals surface area (Å²) in [6.07, 6.45) is 8.58. The molecule has 0 heterocycles. The molecule has 1 aromatic carbocycles. The molecule has 5 nitrogen and oxygen atoms in total. The summed E-state index contributed by atoms with van der Waals surface area (Å²) in [6.45, 7) is 6.72. The Labute approximate surface area is 159 Å². The zero-order valence-electron chi connectivity index (χ0n) is 16.4. The van der Waals surface area contributed by atoms with Crippen LogP contribution in [0.15, 0.2) is 24.3 Å².